The Balaban J connectivity index is -0.000000210. The van der Waals surface area contributed by atoms with Crippen LogP contribution in [0.3, 0.4) is 0 Å². The number of sulfone groups is 1. The standard InChI is InChI=1S/C16H10N2O2.2C6H6.3C3H3NO2.C2H6O2S.C2H6.2Y/c19-10-18(11-20)14-7-5-12(6-8-14)16-9-13-3-1-2-4-15(13)17-16;2*1-2-4-6-5-3-1;3*1-4(2-5)3-6;1-5(2,3)4;1-2;;/h1-8H,9H2;2*1-6H;3*1H3;1-2H3;1-2H3;;/q-2;;;3*-2;;;;. The average Bonchev–Trinajstić information content (AvgIpc) is 3.70. The van der Waals surface area contributed by atoms with Crippen LogP contribution in [0.15, 0.2) is 126 Å². The molecule has 0 aromatic heterocycles. The second-order valence-electron chi connectivity index (χ2n) is 10.1. The molecule has 18 heteroatoms. The normalized spacial score (nSPS) is 9.03. The van der Waals surface area contributed by atoms with Crippen molar-refractivity contribution in [2.24, 2.45) is 4.99 Å². The topological polar surface area (TPSA) is 196 Å². The molecule has 2 radical (unpaired) electrons. The third kappa shape index (κ3) is 38.5. The molecule has 8 amide bonds. The molecular formula is C41H43N5O10SY2-8. The van der Waals surface area contributed by atoms with E-state index in [1.165, 1.54) is 78.0 Å². The molecule has 1 heterocycles. The van der Waals surface area contributed by atoms with Gasteiger partial charge in [0, 0.05) is 84.4 Å². The zero-order valence-electron chi connectivity index (χ0n) is 33.6. The summed E-state index contributed by atoms with van der Waals surface area (Å²) < 4.78 is 19.3. The van der Waals surface area contributed by atoms with E-state index in [4.69, 9.17) is 0 Å². The molecule has 0 spiro atoms. The molecule has 0 aliphatic carbocycles. The van der Waals surface area contributed by atoms with Gasteiger partial charge in [0.15, 0.2) is 0 Å². The number of hydrogen-bond acceptors (Lipinski definition) is 11. The number of rotatable bonds is 10. The van der Waals surface area contributed by atoms with Gasteiger partial charge >= 0.3 is 0 Å². The summed E-state index contributed by atoms with van der Waals surface area (Å²) in [6, 6.07) is 39.0. The second-order valence-corrected chi connectivity index (χ2v) is 12.4. The summed E-state index contributed by atoms with van der Waals surface area (Å²) in [6.45, 7) is 4.00. The SMILES string of the molecule is CC.CN([C-]=O)[C-]=O.CN([C-]=O)[C-]=O.CN([C-]=O)[C-]=O.CS(C)(=O)=O.O=[C-]N([C-]=O)c1ccc(C2=Nc3ccccc3C2)cc1.[Y].[Y].c1ccccc1.c1ccccc1. The number of benzene rings is 4. The quantitative estimate of drug-likeness (QED) is 0.168. The minimum absolute atomic E-state index is 0. The van der Waals surface area contributed by atoms with Crippen molar-refractivity contribution in [1.29, 1.82) is 0 Å². The summed E-state index contributed by atoms with van der Waals surface area (Å²) in [5.41, 5.74) is 4.59. The third-order valence-corrected chi connectivity index (χ3v) is 5.40. The number of hydrogen-bond donors (Lipinski definition) is 0. The van der Waals surface area contributed by atoms with Crippen molar-refractivity contribution in [2.45, 2.75) is 20.3 Å². The van der Waals surface area contributed by atoms with Crippen molar-refractivity contribution < 1.29 is 112 Å². The summed E-state index contributed by atoms with van der Waals surface area (Å²) in [4.78, 5) is 84.0. The summed E-state index contributed by atoms with van der Waals surface area (Å²) >= 11 is 0. The van der Waals surface area contributed by atoms with Gasteiger partial charge in [-0.05, 0) is 51.2 Å². The molecule has 0 saturated heterocycles. The molecule has 1 aliphatic heterocycles. The number of amides is 8. The zero-order chi connectivity index (χ0) is 43.9. The van der Waals surface area contributed by atoms with Crippen LogP contribution in [0.5, 0.6) is 0 Å². The summed E-state index contributed by atoms with van der Waals surface area (Å²) in [7, 11) is 1.12. The summed E-state index contributed by atoms with van der Waals surface area (Å²) in [5, 5.41) is 0. The van der Waals surface area contributed by atoms with E-state index in [9.17, 15) is 46.8 Å². The molecule has 0 unspecified atom stereocenters. The Kier molecular flexibility index (Phi) is 46.1. The zero-order valence-corrected chi connectivity index (χ0v) is 40.1. The predicted molar refractivity (Wildman–Crippen MR) is 219 cm³/mol. The molecule has 1 aliphatic rings. The average molecular weight is 976 g/mol. The molecule has 0 fully saturated rings. The Hall–Kier alpha value is -4.73. The number of fused-ring (bicyclic) bond motifs is 1. The first-order chi connectivity index (χ1) is 27.2. The van der Waals surface area contributed by atoms with Gasteiger partial charge in [0.1, 0.15) is 9.84 Å². The van der Waals surface area contributed by atoms with Gasteiger partial charge in [0.2, 0.25) is 0 Å². The predicted octanol–water partition coefficient (Wildman–Crippen LogP) is 3.52. The first-order valence-electron chi connectivity index (χ1n) is 16.2. The molecule has 0 saturated carbocycles. The summed E-state index contributed by atoms with van der Waals surface area (Å²) in [5.74, 6) is 0. The van der Waals surface area contributed by atoms with E-state index >= 15 is 0 Å². The maximum Gasteiger partial charge on any atom is 0.144 e. The smallest absolute Gasteiger partial charge is 0.144 e. The Morgan fingerprint density at radius 3 is 1.00 bits per heavy atom. The largest absolute Gasteiger partial charge is 0.639 e. The molecule has 59 heavy (non-hydrogen) atoms. The molecule has 0 bridgehead atoms. The van der Waals surface area contributed by atoms with Crippen LogP contribution in [0.1, 0.15) is 25.0 Å². The number of anilines is 1. The molecule has 15 nitrogen and oxygen atoms in total. The maximum atomic E-state index is 10.5. The number of para-hydroxylation sites is 1. The third-order valence-electron chi connectivity index (χ3n) is 5.40. The van der Waals surface area contributed by atoms with E-state index in [0.29, 0.717) is 20.4 Å². The van der Waals surface area contributed by atoms with Crippen molar-refractivity contribution in [1.82, 2.24) is 14.7 Å². The minimum Gasteiger partial charge on any atom is -0.639 e. The molecule has 312 valence electrons. The van der Waals surface area contributed by atoms with Crippen LogP contribution in [0, 0.1) is 0 Å². The van der Waals surface area contributed by atoms with Crippen molar-refractivity contribution >= 4 is 78.2 Å². The van der Waals surface area contributed by atoms with E-state index in [2.05, 4.69) is 11.1 Å². The van der Waals surface area contributed by atoms with Crippen molar-refractivity contribution in [3.8, 4) is 0 Å². The van der Waals surface area contributed by atoms with Crippen LogP contribution in [0.2, 0.25) is 0 Å². The fourth-order valence-electron chi connectivity index (χ4n) is 3.05. The monoisotopic (exact) mass is 975 g/mol. The first-order valence-corrected chi connectivity index (χ1v) is 18.5. The fourth-order valence-corrected chi connectivity index (χ4v) is 3.05. The number of imide groups is 4. The second kappa shape index (κ2) is 42.9. The van der Waals surface area contributed by atoms with Crippen LogP contribution in [0.25, 0.3) is 0 Å². The van der Waals surface area contributed by atoms with Crippen molar-refractivity contribution in [3.05, 3.63) is 132 Å². The van der Waals surface area contributed by atoms with Gasteiger partial charge in [-0.15, -0.1) is 12.1 Å². The van der Waals surface area contributed by atoms with Crippen LogP contribution >= 0.6 is 0 Å². The maximum absolute atomic E-state index is 10.5. The van der Waals surface area contributed by atoms with E-state index in [1.54, 1.807) is 12.1 Å². The molecule has 4 aromatic rings. The van der Waals surface area contributed by atoms with Crippen LogP contribution in [0.4, 0.5) is 11.4 Å². The Bertz CT molecular complexity index is 1670. The van der Waals surface area contributed by atoms with Gasteiger partial charge in [0.25, 0.3) is 0 Å². The van der Waals surface area contributed by atoms with Gasteiger partial charge in [0.05, 0.1) is 11.4 Å². The van der Waals surface area contributed by atoms with Gasteiger partial charge in [-0.1, -0.05) is 117 Å². The molecular weight excluding hydrogens is 932 g/mol. The number of aliphatic imine (C=N–C) groups is 1. The Morgan fingerprint density at radius 2 is 0.763 bits per heavy atom. The van der Waals surface area contributed by atoms with Gasteiger partial charge in [-0.25, -0.2) is 8.42 Å². The molecule has 0 N–H and O–H groups in total. The fraction of sp³-hybridized carbons (Fsp3) is 0.195. The molecule has 0 atom stereocenters. The van der Waals surface area contributed by atoms with Crippen LogP contribution < -0.4 is 4.90 Å². The first kappa shape index (κ1) is 63.4. The Morgan fingerprint density at radius 1 is 0.475 bits per heavy atom. The molecule has 4 aromatic carbocycles. The summed E-state index contributed by atoms with van der Waals surface area (Å²) in [6.07, 6.45) is 13.8. The van der Waals surface area contributed by atoms with Gasteiger partial charge < -0.3 is 58.0 Å². The van der Waals surface area contributed by atoms with E-state index in [1.807, 2.05) is 117 Å². The number of carbonyl (C=O) groups excluding carboxylic acids is 8. The van der Waals surface area contributed by atoms with Crippen LogP contribution in [-0.2, 0) is 120 Å². The Labute approximate surface area is 397 Å². The number of nitrogens with zero attached hydrogens (tertiary/aromatic N) is 5. The van der Waals surface area contributed by atoms with Crippen molar-refractivity contribution in [3.63, 3.8) is 0 Å². The van der Waals surface area contributed by atoms with E-state index in [-0.39, 0.29) is 65.4 Å². The van der Waals surface area contributed by atoms with Crippen LogP contribution in [-0.4, -0.2) is 114 Å². The van der Waals surface area contributed by atoms with E-state index in [0.717, 1.165) is 40.8 Å². The molecule has 5 rings (SSSR count). The van der Waals surface area contributed by atoms with Gasteiger partial charge in [-0.3, -0.25) is 4.99 Å². The van der Waals surface area contributed by atoms with Crippen molar-refractivity contribution in [2.75, 3.05) is 38.6 Å². The minimum atomic E-state index is -2.67. The van der Waals surface area contributed by atoms with E-state index < -0.39 is 9.84 Å². The van der Waals surface area contributed by atoms with Gasteiger partial charge in [-0.2, -0.15) is 44.1 Å².